The Morgan fingerprint density at radius 3 is 2.58 bits per heavy atom. The highest BCUT2D eigenvalue weighted by molar-refractivity contribution is 7.07. The van der Waals surface area contributed by atoms with Crippen molar-refractivity contribution in [2.45, 2.75) is 13.0 Å². The maximum Gasteiger partial charge on any atom is 0.273 e. The van der Waals surface area contributed by atoms with Gasteiger partial charge in [0, 0.05) is 31.9 Å². The molecule has 1 fully saturated rings. The number of piperazine rings is 1. The number of ether oxygens (including phenoxy) is 1. The number of hydrogen-bond donors (Lipinski definition) is 0. The maximum atomic E-state index is 12.6. The number of carbonyl (C=O) groups is 2. The summed E-state index contributed by atoms with van der Waals surface area (Å²) in [6.07, 6.45) is 0. The lowest BCUT2D eigenvalue weighted by Gasteiger charge is -2.41. The third-order valence-electron chi connectivity index (χ3n) is 4.22. The summed E-state index contributed by atoms with van der Waals surface area (Å²) >= 11 is 1.40. The van der Waals surface area contributed by atoms with E-state index < -0.39 is 0 Å². The molecule has 0 radical (unpaired) electrons. The lowest BCUT2D eigenvalue weighted by atomic mass is 10.0. The van der Waals surface area contributed by atoms with E-state index in [1.54, 1.807) is 29.8 Å². The molecule has 1 aliphatic heterocycles. The molecule has 0 unspecified atom stereocenters. The van der Waals surface area contributed by atoms with Gasteiger partial charge in [0.2, 0.25) is 5.91 Å². The zero-order valence-electron chi connectivity index (χ0n) is 13.6. The Balaban J connectivity index is 1.84. The van der Waals surface area contributed by atoms with Crippen molar-refractivity contribution < 1.29 is 14.3 Å². The predicted molar refractivity (Wildman–Crippen MR) is 91.1 cm³/mol. The van der Waals surface area contributed by atoms with Gasteiger partial charge in [-0.15, -0.1) is 11.3 Å². The molecule has 6 nitrogen and oxygen atoms in total. The molecule has 1 saturated heterocycles. The minimum atomic E-state index is -0.162. The van der Waals surface area contributed by atoms with Gasteiger partial charge in [0.15, 0.2) is 0 Å². The fraction of sp³-hybridized carbons (Fsp3) is 0.353. The van der Waals surface area contributed by atoms with Crippen LogP contribution in [0.25, 0.3) is 0 Å². The molecular formula is C17H19N3O3S. The van der Waals surface area contributed by atoms with Crippen molar-refractivity contribution in [3.8, 4) is 5.75 Å². The van der Waals surface area contributed by atoms with Crippen LogP contribution >= 0.6 is 11.3 Å². The first-order valence-electron chi connectivity index (χ1n) is 7.68. The molecule has 1 atom stereocenters. The molecule has 126 valence electrons. The summed E-state index contributed by atoms with van der Waals surface area (Å²) in [7, 11) is 1.62. The summed E-state index contributed by atoms with van der Waals surface area (Å²) in [4.78, 5) is 32.2. The van der Waals surface area contributed by atoms with Crippen molar-refractivity contribution in [2.75, 3.05) is 26.7 Å². The molecule has 0 aliphatic carbocycles. The number of benzene rings is 1. The summed E-state index contributed by atoms with van der Waals surface area (Å²) < 4.78 is 5.19. The average Bonchev–Trinajstić information content (AvgIpc) is 3.15. The van der Waals surface area contributed by atoms with Gasteiger partial charge in [0.05, 0.1) is 18.7 Å². The highest BCUT2D eigenvalue weighted by Gasteiger charge is 2.32. The molecule has 2 aromatic rings. The van der Waals surface area contributed by atoms with E-state index in [1.807, 2.05) is 29.2 Å². The largest absolute Gasteiger partial charge is 0.497 e. The van der Waals surface area contributed by atoms with Gasteiger partial charge in [-0.25, -0.2) is 4.98 Å². The summed E-state index contributed by atoms with van der Waals surface area (Å²) in [5.74, 6) is 0.689. The zero-order chi connectivity index (χ0) is 17.1. The smallest absolute Gasteiger partial charge is 0.273 e. The molecule has 3 rings (SSSR count). The minimum absolute atomic E-state index is 0.0107. The Bertz CT molecular complexity index is 715. The van der Waals surface area contributed by atoms with Gasteiger partial charge >= 0.3 is 0 Å². The second-order valence-corrected chi connectivity index (χ2v) is 6.34. The van der Waals surface area contributed by atoms with Crippen LogP contribution in [0.4, 0.5) is 0 Å². The number of thiazole rings is 1. The lowest BCUT2D eigenvalue weighted by molar-refractivity contribution is -0.133. The highest BCUT2D eigenvalue weighted by Crippen LogP contribution is 2.28. The molecule has 1 aromatic carbocycles. The van der Waals surface area contributed by atoms with Crippen LogP contribution in [0, 0.1) is 0 Å². The first-order valence-corrected chi connectivity index (χ1v) is 8.63. The molecule has 24 heavy (non-hydrogen) atoms. The Morgan fingerprint density at radius 1 is 1.25 bits per heavy atom. The molecule has 7 heteroatoms. The SMILES string of the molecule is COc1ccc([C@H]2CN(C(=O)c3cscn3)CCN2C(C)=O)cc1. The monoisotopic (exact) mass is 345 g/mol. The van der Waals surface area contributed by atoms with Crippen molar-refractivity contribution in [1.29, 1.82) is 0 Å². The van der Waals surface area contributed by atoms with Crippen LogP contribution in [-0.2, 0) is 4.79 Å². The molecule has 0 spiro atoms. The Morgan fingerprint density at radius 2 is 2.00 bits per heavy atom. The summed E-state index contributed by atoms with van der Waals surface area (Å²) in [5, 5.41) is 1.75. The molecule has 1 aliphatic rings. The van der Waals surface area contributed by atoms with Gasteiger partial charge in [-0.1, -0.05) is 12.1 Å². The predicted octanol–water partition coefficient (Wildman–Crippen LogP) is 2.20. The number of hydrogen-bond acceptors (Lipinski definition) is 5. The van der Waals surface area contributed by atoms with Crippen LogP contribution < -0.4 is 4.74 Å². The second-order valence-electron chi connectivity index (χ2n) is 5.63. The lowest BCUT2D eigenvalue weighted by Crippen LogP contribution is -2.51. The molecule has 0 N–H and O–H groups in total. The highest BCUT2D eigenvalue weighted by atomic mass is 32.1. The van der Waals surface area contributed by atoms with Gasteiger partial charge < -0.3 is 14.5 Å². The van der Waals surface area contributed by atoms with Crippen LogP contribution in [0.2, 0.25) is 0 Å². The van der Waals surface area contributed by atoms with E-state index in [1.165, 1.54) is 11.3 Å². The van der Waals surface area contributed by atoms with E-state index in [9.17, 15) is 9.59 Å². The molecule has 0 saturated carbocycles. The van der Waals surface area contributed by atoms with Gasteiger partial charge in [-0.3, -0.25) is 9.59 Å². The first-order chi connectivity index (χ1) is 11.6. The van der Waals surface area contributed by atoms with E-state index in [0.717, 1.165) is 11.3 Å². The fourth-order valence-electron chi connectivity index (χ4n) is 2.94. The first kappa shape index (κ1) is 16.4. The molecular weight excluding hydrogens is 326 g/mol. The zero-order valence-corrected chi connectivity index (χ0v) is 14.5. The summed E-state index contributed by atoms with van der Waals surface area (Å²) in [6, 6.07) is 7.46. The summed E-state index contributed by atoms with van der Waals surface area (Å²) in [5.41, 5.74) is 3.10. The number of amides is 2. The minimum Gasteiger partial charge on any atom is -0.497 e. The number of methoxy groups -OCH3 is 1. The van der Waals surface area contributed by atoms with Crippen molar-refractivity contribution >= 4 is 23.2 Å². The third kappa shape index (κ3) is 3.26. The number of nitrogens with zero attached hydrogens (tertiary/aromatic N) is 3. The van der Waals surface area contributed by atoms with E-state index in [2.05, 4.69) is 4.98 Å². The van der Waals surface area contributed by atoms with E-state index in [4.69, 9.17) is 4.74 Å². The third-order valence-corrected chi connectivity index (χ3v) is 4.81. The van der Waals surface area contributed by atoms with Gasteiger partial charge in [0.1, 0.15) is 11.4 Å². The van der Waals surface area contributed by atoms with Crippen LogP contribution in [-0.4, -0.2) is 53.3 Å². The Kier molecular flexibility index (Phi) is 4.80. The Hall–Kier alpha value is -2.41. The van der Waals surface area contributed by atoms with Crippen LogP contribution in [0.3, 0.4) is 0 Å². The van der Waals surface area contributed by atoms with Crippen molar-refractivity contribution in [3.63, 3.8) is 0 Å². The van der Waals surface area contributed by atoms with E-state index in [0.29, 0.717) is 25.3 Å². The van der Waals surface area contributed by atoms with Crippen LogP contribution in [0.15, 0.2) is 35.2 Å². The molecule has 0 bridgehead atoms. The second kappa shape index (κ2) is 7.00. The van der Waals surface area contributed by atoms with Gasteiger partial charge in [0.25, 0.3) is 5.91 Å². The number of rotatable bonds is 3. The number of carbonyl (C=O) groups excluding carboxylic acids is 2. The molecule has 2 amide bonds. The van der Waals surface area contributed by atoms with Gasteiger partial charge in [-0.05, 0) is 17.7 Å². The summed E-state index contributed by atoms with van der Waals surface area (Å²) in [6.45, 7) is 3.06. The fourth-order valence-corrected chi connectivity index (χ4v) is 3.46. The quantitative estimate of drug-likeness (QED) is 0.855. The average molecular weight is 345 g/mol. The van der Waals surface area contributed by atoms with Crippen molar-refractivity contribution in [1.82, 2.24) is 14.8 Å². The Labute approximate surface area is 144 Å². The van der Waals surface area contributed by atoms with Crippen LogP contribution in [0.1, 0.15) is 29.0 Å². The van der Waals surface area contributed by atoms with E-state index >= 15 is 0 Å². The maximum absolute atomic E-state index is 12.6. The number of aromatic nitrogens is 1. The molecule has 2 heterocycles. The van der Waals surface area contributed by atoms with Gasteiger partial charge in [-0.2, -0.15) is 0 Å². The van der Waals surface area contributed by atoms with Crippen LogP contribution in [0.5, 0.6) is 5.75 Å². The normalized spacial score (nSPS) is 17.7. The molecule has 1 aromatic heterocycles. The standard InChI is InChI=1S/C17H19N3O3S/c1-12(21)20-8-7-19(17(22)15-10-24-11-18-15)9-16(20)13-3-5-14(23-2)6-4-13/h3-6,10-11,16H,7-9H2,1-2H3/t16-/m1/s1. The topological polar surface area (TPSA) is 62.7 Å². The van der Waals surface area contributed by atoms with E-state index in [-0.39, 0.29) is 17.9 Å². The van der Waals surface area contributed by atoms with Crippen molar-refractivity contribution in [2.24, 2.45) is 0 Å². The van der Waals surface area contributed by atoms with Crippen molar-refractivity contribution in [3.05, 3.63) is 46.4 Å².